The fourth-order valence-electron chi connectivity index (χ4n) is 12.5. The lowest BCUT2D eigenvalue weighted by Crippen LogP contribution is -2.59. The number of Topliss-reactive ketones (excluding diaryl/α,β-unsaturated/α-hetero) is 1. The lowest BCUT2D eigenvalue weighted by Gasteiger charge is -2.47. The number of esters is 1. The molecule has 2 spiro atoms. The molecule has 9 heterocycles. The van der Waals surface area contributed by atoms with Gasteiger partial charge in [-0.1, -0.05) is 37.6 Å². The molecule has 9 aliphatic rings. The van der Waals surface area contributed by atoms with E-state index in [1.807, 2.05) is 26.0 Å². The van der Waals surface area contributed by atoms with E-state index in [4.69, 9.17) is 42.6 Å². The highest BCUT2D eigenvalue weighted by Gasteiger charge is 2.65. The van der Waals surface area contributed by atoms with Gasteiger partial charge in [-0.05, 0) is 97.8 Å². The second-order valence-corrected chi connectivity index (χ2v) is 21.3. The van der Waals surface area contributed by atoms with Gasteiger partial charge in [0.25, 0.3) is 0 Å². The summed E-state index contributed by atoms with van der Waals surface area (Å²) in [5, 5.41) is 34.8. The van der Waals surface area contributed by atoms with Crippen LogP contribution in [0.3, 0.4) is 0 Å². The molecule has 0 unspecified atom stereocenters. The third kappa shape index (κ3) is 8.14. The molecular weight excluding hydrogens is 789 g/mol. The van der Waals surface area contributed by atoms with Crippen molar-refractivity contribution in [3.8, 4) is 0 Å². The summed E-state index contributed by atoms with van der Waals surface area (Å²) in [4.78, 5) is 28.0. The molecule has 0 aromatic carbocycles. The van der Waals surface area contributed by atoms with Gasteiger partial charge in [0.05, 0.1) is 42.0 Å². The SMILES string of the molecule is CC1=C/[C@@H](C)C[C@]2(C)CC[C@H](O2)[C@]23CC[C@](C)(C[C@H](O2)[C@@H]2O[C@@](C)(CC2=O)[C@H](O)[C@H]2CC[C@@]4(CCC[C@@H](O4)[C@H](C)C(=O)O[C@H]4C[C@H]([C@]5(O)OCC[C@H](C)[C@@H]5O)O[C@H]4/C=C\1)O2)O3. The maximum absolute atomic E-state index is 14.1. The molecule has 0 aliphatic carbocycles. The summed E-state index contributed by atoms with van der Waals surface area (Å²) in [7, 11) is 0. The van der Waals surface area contributed by atoms with Crippen LogP contribution in [-0.2, 0) is 52.2 Å². The molecule has 0 aromatic rings. The summed E-state index contributed by atoms with van der Waals surface area (Å²) >= 11 is 0. The van der Waals surface area contributed by atoms with Crippen molar-refractivity contribution in [2.45, 2.75) is 234 Å². The van der Waals surface area contributed by atoms with Crippen molar-refractivity contribution in [2.75, 3.05) is 6.61 Å². The summed E-state index contributed by atoms with van der Waals surface area (Å²) in [6, 6.07) is 0. The Morgan fingerprint density at radius 1 is 0.754 bits per heavy atom. The van der Waals surface area contributed by atoms with Gasteiger partial charge < -0.3 is 58.0 Å². The number of hydrogen-bond donors (Lipinski definition) is 3. The first kappa shape index (κ1) is 44.4. The number of allylic oxidation sites excluding steroid dienone is 3. The second-order valence-electron chi connectivity index (χ2n) is 21.3. The maximum atomic E-state index is 14.1. The van der Waals surface area contributed by atoms with E-state index in [2.05, 4.69) is 26.8 Å². The van der Waals surface area contributed by atoms with E-state index in [1.165, 1.54) is 0 Å². The normalized spacial score (nSPS) is 55.7. The Kier molecular flexibility index (Phi) is 11.6. The number of aliphatic hydroxyl groups excluding tert-OH is 2. The van der Waals surface area contributed by atoms with Crippen molar-refractivity contribution < 1.29 is 67.5 Å². The summed E-state index contributed by atoms with van der Waals surface area (Å²) in [5.74, 6) is -5.28. The van der Waals surface area contributed by atoms with Gasteiger partial charge in [-0.3, -0.25) is 9.59 Å². The molecular formula is C47H70O14. The van der Waals surface area contributed by atoms with Crippen LogP contribution in [0.2, 0.25) is 0 Å². The molecule has 10 bridgehead atoms. The lowest BCUT2D eigenvalue weighted by atomic mass is 9.87. The predicted molar refractivity (Wildman–Crippen MR) is 218 cm³/mol. The van der Waals surface area contributed by atoms with Crippen LogP contribution < -0.4 is 0 Å². The molecule has 0 amide bonds. The highest BCUT2D eigenvalue weighted by Crippen LogP contribution is 2.55. The molecule has 9 rings (SSSR count). The number of carbonyl (C=O) groups excluding carboxylic acids is 2. The van der Waals surface area contributed by atoms with E-state index in [0.717, 1.165) is 37.7 Å². The minimum absolute atomic E-state index is 0.0222. The fourth-order valence-corrected chi connectivity index (χ4v) is 12.5. The van der Waals surface area contributed by atoms with E-state index in [-0.39, 0.29) is 43.2 Å². The maximum Gasteiger partial charge on any atom is 0.311 e. The van der Waals surface area contributed by atoms with Crippen LogP contribution in [-0.4, -0.2) is 129 Å². The van der Waals surface area contributed by atoms with Gasteiger partial charge in [0.1, 0.15) is 48.3 Å². The summed E-state index contributed by atoms with van der Waals surface area (Å²) in [6.07, 6.45) is 6.36. The molecule has 14 heteroatoms. The Morgan fingerprint density at radius 2 is 1.54 bits per heavy atom. The Bertz CT molecular complexity index is 1750. The zero-order chi connectivity index (χ0) is 43.3. The van der Waals surface area contributed by atoms with E-state index < -0.39 is 101 Å². The van der Waals surface area contributed by atoms with Crippen LogP contribution in [0.5, 0.6) is 0 Å². The van der Waals surface area contributed by atoms with Crippen molar-refractivity contribution >= 4 is 11.8 Å². The van der Waals surface area contributed by atoms with Crippen molar-refractivity contribution in [1.82, 2.24) is 0 Å². The molecule has 8 saturated heterocycles. The van der Waals surface area contributed by atoms with Crippen molar-refractivity contribution in [3.05, 3.63) is 23.8 Å². The number of aliphatic hydroxyl groups is 3. The highest BCUT2D eigenvalue weighted by molar-refractivity contribution is 5.86. The Balaban J connectivity index is 1.00. The molecule has 8 fully saturated rings. The van der Waals surface area contributed by atoms with E-state index in [9.17, 15) is 24.9 Å². The molecule has 342 valence electrons. The highest BCUT2D eigenvalue weighted by atomic mass is 16.8. The second kappa shape index (κ2) is 16.0. The number of carbonyl (C=O) groups is 2. The topological polar surface area (TPSA) is 178 Å². The van der Waals surface area contributed by atoms with Gasteiger partial charge in [0, 0.05) is 38.5 Å². The molecule has 0 saturated carbocycles. The first-order valence-electron chi connectivity index (χ1n) is 23.3. The van der Waals surface area contributed by atoms with E-state index in [1.54, 1.807) is 13.8 Å². The summed E-state index contributed by atoms with van der Waals surface area (Å²) in [6.45, 7) is 14.1. The number of hydrogen-bond acceptors (Lipinski definition) is 14. The zero-order valence-corrected chi connectivity index (χ0v) is 37.2. The minimum atomic E-state index is -1.95. The van der Waals surface area contributed by atoms with Crippen molar-refractivity contribution in [3.63, 3.8) is 0 Å². The predicted octanol–water partition coefficient (Wildman–Crippen LogP) is 5.25. The number of rotatable bonds is 1. The molecule has 19 atom stereocenters. The average Bonchev–Trinajstić information content (AvgIpc) is 4.02. The molecule has 61 heavy (non-hydrogen) atoms. The van der Waals surface area contributed by atoms with Crippen LogP contribution in [0.4, 0.5) is 0 Å². The van der Waals surface area contributed by atoms with Crippen LogP contribution in [0.1, 0.15) is 138 Å². The fraction of sp³-hybridized carbons (Fsp3) is 0.872. The van der Waals surface area contributed by atoms with Crippen molar-refractivity contribution in [2.24, 2.45) is 17.8 Å². The van der Waals surface area contributed by atoms with Crippen LogP contribution >= 0.6 is 0 Å². The minimum Gasteiger partial charge on any atom is -0.459 e. The lowest BCUT2D eigenvalue weighted by molar-refractivity contribution is -0.359. The number of fused-ring (bicyclic) bond motifs is 10. The van der Waals surface area contributed by atoms with Gasteiger partial charge >= 0.3 is 5.97 Å². The third-order valence-corrected chi connectivity index (χ3v) is 15.9. The van der Waals surface area contributed by atoms with Gasteiger partial charge in [-0.25, -0.2) is 0 Å². The van der Waals surface area contributed by atoms with Gasteiger partial charge in [0.2, 0.25) is 5.79 Å². The Morgan fingerprint density at radius 3 is 2.34 bits per heavy atom. The number of ether oxygens (including phenoxy) is 9. The van der Waals surface area contributed by atoms with Gasteiger partial charge in [-0.15, -0.1) is 0 Å². The number of ketones is 1. The quantitative estimate of drug-likeness (QED) is 0.291. The van der Waals surface area contributed by atoms with Gasteiger partial charge in [-0.2, -0.15) is 0 Å². The zero-order valence-electron chi connectivity index (χ0n) is 37.2. The summed E-state index contributed by atoms with van der Waals surface area (Å²) < 4.78 is 59.0. The largest absolute Gasteiger partial charge is 0.459 e. The summed E-state index contributed by atoms with van der Waals surface area (Å²) in [5.41, 5.74) is -1.17. The van der Waals surface area contributed by atoms with E-state index in [0.29, 0.717) is 44.9 Å². The molecule has 3 N–H and O–H groups in total. The Labute approximate surface area is 360 Å². The monoisotopic (exact) mass is 858 g/mol. The van der Waals surface area contributed by atoms with Crippen LogP contribution in [0.25, 0.3) is 0 Å². The van der Waals surface area contributed by atoms with Crippen molar-refractivity contribution in [1.29, 1.82) is 0 Å². The average molecular weight is 859 g/mol. The molecule has 9 aliphatic heterocycles. The smallest absolute Gasteiger partial charge is 0.311 e. The molecule has 14 nitrogen and oxygen atoms in total. The van der Waals surface area contributed by atoms with E-state index >= 15 is 0 Å². The first-order valence-corrected chi connectivity index (χ1v) is 23.3. The Hall–Kier alpha value is -1.82. The van der Waals surface area contributed by atoms with Gasteiger partial charge in [0.15, 0.2) is 17.4 Å². The van der Waals surface area contributed by atoms with Crippen LogP contribution in [0, 0.1) is 17.8 Å². The standard InChI is InChI=1S/C47H70O14/c1-26-10-11-32-34(22-37(54-32)47(52)39(49)28(3)14-20-53-47)55-41(51)29(4)31-9-8-15-45(56-31)17-12-33(57-45)40(50)44(7)24-30(48)38(60-44)35-25-43(6)18-19-46(58-35,61-43)36-13-16-42(5,59-36)23-27(2)21-26/h10-11,21,27-29,31-40,49-50,52H,8-9,12-20,22-25H2,1-7H3/b11-10-,26-21-/t27-,28+,29+,31-,32+,33-,34+,35+,36+,37-,38-,39+,40-,42+,43-,44+,45-,46-,47+/m1/s1. The first-order chi connectivity index (χ1) is 28.7. The molecule has 0 aromatic heterocycles. The molecule has 0 radical (unpaired) electrons. The third-order valence-electron chi connectivity index (χ3n) is 15.9. The van der Waals surface area contributed by atoms with Crippen LogP contribution in [0.15, 0.2) is 23.8 Å².